The van der Waals surface area contributed by atoms with E-state index in [0.717, 1.165) is 48.5 Å². The molecule has 0 amide bonds. The van der Waals surface area contributed by atoms with Gasteiger partial charge in [0, 0.05) is 35.4 Å². The third-order valence-electron chi connectivity index (χ3n) is 5.42. The van der Waals surface area contributed by atoms with Gasteiger partial charge in [0.05, 0.1) is 0 Å². The molecule has 3 aromatic rings. The van der Waals surface area contributed by atoms with Gasteiger partial charge in [0.1, 0.15) is 22.3 Å². The lowest BCUT2D eigenvalue weighted by atomic mass is 9.97. The number of thiazole rings is 1. The normalized spacial score (nSPS) is 15.5. The molecule has 0 spiro atoms. The first kappa shape index (κ1) is 21.8. The third kappa shape index (κ3) is 4.19. The van der Waals surface area contributed by atoms with Gasteiger partial charge in [-0.2, -0.15) is 0 Å². The molecule has 1 aliphatic rings. The van der Waals surface area contributed by atoms with Gasteiger partial charge in [-0.3, -0.25) is 4.90 Å². The summed E-state index contributed by atoms with van der Waals surface area (Å²) in [5.74, 6) is -2.89. The summed E-state index contributed by atoms with van der Waals surface area (Å²) in [4.78, 5) is 4.81. The number of hydrogen-bond donors (Lipinski definition) is 1. The summed E-state index contributed by atoms with van der Waals surface area (Å²) in [7, 11) is -4.41. The minimum Gasteiger partial charge on any atom is -0.381 e. The average molecular weight is 468 g/mol. The van der Waals surface area contributed by atoms with Gasteiger partial charge >= 0.3 is 0 Å². The number of benzene rings is 2. The van der Waals surface area contributed by atoms with Crippen LogP contribution >= 0.6 is 11.3 Å². The summed E-state index contributed by atoms with van der Waals surface area (Å²) in [6.45, 7) is 3.87. The summed E-state index contributed by atoms with van der Waals surface area (Å²) in [6.07, 6.45) is 2.35. The molecule has 1 aliphatic heterocycles. The van der Waals surface area contributed by atoms with Crippen LogP contribution in [0.4, 0.5) is 18.9 Å². The third-order valence-corrected chi connectivity index (χ3v) is 8.42. The van der Waals surface area contributed by atoms with Crippen LogP contribution in [0.25, 0.3) is 0 Å². The largest absolute Gasteiger partial charge is 0.381 e. The lowest BCUT2D eigenvalue weighted by Crippen LogP contribution is -2.39. The van der Waals surface area contributed by atoms with Gasteiger partial charge in [-0.05, 0) is 50.2 Å². The number of likely N-dealkylation sites (tertiary alicyclic amines) is 1. The second-order valence-electron chi connectivity index (χ2n) is 7.30. The SMILES string of the molecule is C[C@H](c1cccc(F)c1CNc1cc(F)c(S(=O)(=O)c2nccs2)c(F)c1)N1CCC1. The molecular formula is C21H20F3N3O2S2. The van der Waals surface area contributed by atoms with Crippen molar-refractivity contribution in [1.82, 2.24) is 9.88 Å². The molecule has 164 valence electrons. The Balaban J connectivity index is 1.59. The van der Waals surface area contributed by atoms with Crippen LogP contribution in [0.15, 0.2) is 51.1 Å². The lowest BCUT2D eigenvalue weighted by molar-refractivity contribution is 0.128. The standard InChI is InChI=1S/C21H20F3N3O2S2/c1-13(27-7-3-8-27)15-4-2-5-17(22)16(15)12-26-14-10-18(23)20(19(24)11-14)31(28,29)21-25-6-9-30-21/h2,4-6,9-11,13,26H,3,7-8,12H2,1H3/t13-/m1/s1. The molecule has 4 rings (SSSR count). The summed E-state index contributed by atoms with van der Waals surface area (Å²) in [5.41, 5.74) is 1.22. The summed E-state index contributed by atoms with van der Waals surface area (Å²) in [6, 6.07) is 6.62. The fourth-order valence-electron chi connectivity index (χ4n) is 3.62. The van der Waals surface area contributed by atoms with E-state index in [1.54, 1.807) is 6.07 Å². The van der Waals surface area contributed by atoms with Gasteiger partial charge in [-0.1, -0.05) is 12.1 Å². The van der Waals surface area contributed by atoms with Crippen molar-refractivity contribution in [1.29, 1.82) is 0 Å². The molecule has 0 saturated carbocycles. The predicted octanol–water partition coefficient (Wildman–Crippen LogP) is 4.77. The van der Waals surface area contributed by atoms with Gasteiger partial charge in [-0.25, -0.2) is 26.6 Å². The first-order chi connectivity index (χ1) is 14.8. The fraction of sp³-hybridized carbons (Fsp3) is 0.286. The number of hydrogen-bond acceptors (Lipinski definition) is 6. The molecule has 0 radical (unpaired) electrons. The first-order valence-corrected chi connectivity index (χ1v) is 12.0. The molecule has 0 aliphatic carbocycles. The van der Waals surface area contributed by atoms with Crippen LogP contribution < -0.4 is 5.32 Å². The van der Waals surface area contributed by atoms with E-state index >= 15 is 0 Å². The minimum atomic E-state index is -4.41. The molecule has 0 bridgehead atoms. The van der Waals surface area contributed by atoms with Crippen molar-refractivity contribution in [3.63, 3.8) is 0 Å². The Bertz CT molecular complexity index is 1170. The van der Waals surface area contributed by atoms with Crippen LogP contribution in [0.2, 0.25) is 0 Å². The molecule has 5 nitrogen and oxygen atoms in total. The van der Waals surface area contributed by atoms with Crippen molar-refractivity contribution in [2.45, 2.75) is 35.2 Å². The molecule has 0 unspecified atom stereocenters. The molecule has 1 N–H and O–H groups in total. The zero-order valence-corrected chi connectivity index (χ0v) is 18.2. The van der Waals surface area contributed by atoms with E-state index in [2.05, 4.69) is 15.2 Å². The number of sulfone groups is 1. The number of nitrogens with one attached hydrogen (secondary N) is 1. The maximum absolute atomic E-state index is 14.6. The van der Waals surface area contributed by atoms with E-state index in [1.807, 2.05) is 13.0 Å². The Morgan fingerprint density at radius 1 is 1.16 bits per heavy atom. The van der Waals surface area contributed by atoms with Crippen LogP contribution in [0.1, 0.15) is 30.5 Å². The molecule has 1 fully saturated rings. The zero-order chi connectivity index (χ0) is 22.2. The van der Waals surface area contributed by atoms with Gasteiger partial charge in [-0.15, -0.1) is 11.3 Å². The Hall–Kier alpha value is -2.43. The highest BCUT2D eigenvalue weighted by atomic mass is 32.2. The molecule has 10 heteroatoms. The predicted molar refractivity (Wildman–Crippen MR) is 112 cm³/mol. The van der Waals surface area contributed by atoms with Gasteiger partial charge < -0.3 is 5.32 Å². The summed E-state index contributed by atoms with van der Waals surface area (Å²) >= 11 is 0.775. The van der Waals surface area contributed by atoms with Crippen molar-refractivity contribution in [3.8, 4) is 0 Å². The van der Waals surface area contributed by atoms with Gasteiger partial charge in [0.15, 0.2) is 0 Å². The monoisotopic (exact) mass is 467 g/mol. The van der Waals surface area contributed by atoms with E-state index in [-0.39, 0.29) is 22.6 Å². The first-order valence-electron chi connectivity index (χ1n) is 9.68. The van der Waals surface area contributed by atoms with Crippen LogP contribution in [-0.4, -0.2) is 31.4 Å². The Morgan fingerprint density at radius 3 is 2.45 bits per heavy atom. The number of nitrogens with zero attached hydrogens (tertiary/aromatic N) is 2. The molecule has 1 aromatic heterocycles. The van der Waals surface area contributed by atoms with Crippen molar-refractivity contribution in [2.24, 2.45) is 0 Å². The zero-order valence-electron chi connectivity index (χ0n) is 16.6. The van der Waals surface area contributed by atoms with Gasteiger partial charge in [0.25, 0.3) is 0 Å². The van der Waals surface area contributed by atoms with Crippen molar-refractivity contribution in [3.05, 3.63) is 70.5 Å². The second kappa shape index (κ2) is 8.60. The minimum absolute atomic E-state index is 0.00234. The topological polar surface area (TPSA) is 62.3 Å². The number of halogens is 3. The van der Waals surface area contributed by atoms with Crippen molar-refractivity contribution < 1.29 is 21.6 Å². The molecule has 2 aromatic carbocycles. The molecular weight excluding hydrogens is 447 g/mol. The smallest absolute Gasteiger partial charge is 0.239 e. The number of anilines is 1. The highest BCUT2D eigenvalue weighted by molar-refractivity contribution is 7.93. The Morgan fingerprint density at radius 2 is 1.87 bits per heavy atom. The molecule has 2 heterocycles. The maximum Gasteiger partial charge on any atom is 0.239 e. The van der Waals surface area contributed by atoms with E-state index in [9.17, 15) is 21.6 Å². The van der Waals surface area contributed by atoms with Crippen LogP contribution in [-0.2, 0) is 16.4 Å². The number of aromatic nitrogens is 1. The van der Waals surface area contributed by atoms with Crippen molar-refractivity contribution in [2.75, 3.05) is 18.4 Å². The Labute approximate surface area is 182 Å². The average Bonchev–Trinajstić information content (AvgIpc) is 3.20. The van der Waals surface area contributed by atoms with Crippen LogP contribution in [0.5, 0.6) is 0 Å². The van der Waals surface area contributed by atoms with E-state index in [4.69, 9.17) is 0 Å². The highest BCUT2D eigenvalue weighted by Crippen LogP contribution is 2.32. The van der Waals surface area contributed by atoms with Gasteiger partial charge in [0.2, 0.25) is 14.2 Å². The van der Waals surface area contributed by atoms with E-state index in [1.165, 1.54) is 17.6 Å². The van der Waals surface area contributed by atoms with Crippen LogP contribution in [0, 0.1) is 17.5 Å². The molecule has 31 heavy (non-hydrogen) atoms. The maximum atomic E-state index is 14.6. The number of rotatable bonds is 7. The highest BCUT2D eigenvalue weighted by Gasteiger charge is 2.29. The van der Waals surface area contributed by atoms with Crippen LogP contribution in [0.3, 0.4) is 0 Å². The lowest BCUT2D eigenvalue weighted by Gasteiger charge is -2.37. The molecule has 1 saturated heterocycles. The fourth-order valence-corrected chi connectivity index (χ4v) is 5.91. The Kier molecular flexibility index (Phi) is 6.05. The van der Waals surface area contributed by atoms with Crippen molar-refractivity contribution >= 4 is 26.9 Å². The van der Waals surface area contributed by atoms with E-state index in [0.29, 0.717) is 5.56 Å². The molecule has 1 atom stereocenters. The summed E-state index contributed by atoms with van der Waals surface area (Å²) < 4.78 is 68.3. The summed E-state index contributed by atoms with van der Waals surface area (Å²) in [5, 5.41) is 4.23. The second-order valence-corrected chi connectivity index (χ2v) is 10.3. The van der Waals surface area contributed by atoms with E-state index < -0.39 is 32.2 Å². The quantitative estimate of drug-likeness (QED) is 0.542.